The summed E-state index contributed by atoms with van der Waals surface area (Å²) in [7, 11) is 0. The number of amides is 3. The van der Waals surface area contributed by atoms with Gasteiger partial charge in [-0.05, 0) is 78.9 Å². The number of hydrogen-bond donors (Lipinski definition) is 0. The molecule has 220 valence electrons. The van der Waals surface area contributed by atoms with E-state index >= 15 is 0 Å². The van der Waals surface area contributed by atoms with Crippen molar-refractivity contribution in [2.45, 2.75) is 16.1 Å². The standard InChI is InChI=1S/C30H22Br2ClN3O7/c31-26-21-13-22(27(26)32)25-24(21)29(39)35(30(25)40)34(28(38)16-1-5-17(33)6-2-16)14-23(37)15-3-9-19(10-4-15)43-20-11-7-18(8-12-20)36(41)42/h1-12,21-22,24-27H,13-14H2/t21-,22-,24-,25-,26-,27+/m1/s1. The second-order valence-electron chi connectivity index (χ2n) is 10.7. The molecule has 2 aliphatic carbocycles. The van der Waals surface area contributed by atoms with Gasteiger partial charge in [-0.2, -0.15) is 5.01 Å². The van der Waals surface area contributed by atoms with E-state index in [1.54, 1.807) is 12.1 Å². The first kappa shape index (κ1) is 29.5. The number of hydrogen-bond acceptors (Lipinski definition) is 7. The lowest BCUT2D eigenvalue weighted by molar-refractivity contribution is -0.384. The van der Waals surface area contributed by atoms with E-state index in [4.69, 9.17) is 16.3 Å². The number of alkyl halides is 2. The number of nitro groups is 1. The van der Waals surface area contributed by atoms with Crippen LogP contribution in [0.2, 0.25) is 5.02 Å². The molecule has 0 unspecified atom stereocenters. The summed E-state index contributed by atoms with van der Waals surface area (Å²) in [5, 5.41) is 13.1. The highest BCUT2D eigenvalue weighted by Crippen LogP contribution is 2.60. The molecule has 13 heteroatoms. The fourth-order valence-electron chi connectivity index (χ4n) is 6.25. The van der Waals surface area contributed by atoms with E-state index < -0.39 is 46.8 Å². The smallest absolute Gasteiger partial charge is 0.273 e. The number of fused-ring (bicyclic) bond motifs is 5. The van der Waals surface area contributed by atoms with E-state index in [2.05, 4.69) is 31.9 Å². The van der Waals surface area contributed by atoms with Gasteiger partial charge in [-0.1, -0.05) is 43.5 Å². The minimum atomic E-state index is -0.678. The highest BCUT2D eigenvalue weighted by atomic mass is 79.9. The zero-order valence-corrected chi connectivity index (χ0v) is 26.1. The molecule has 1 saturated heterocycles. The first-order valence-corrected chi connectivity index (χ1v) is 15.5. The van der Waals surface area contributed by atoms with Crippen molar-refractivity contribution >= 4 is 72.7 Å². The predicted molar refractivity (Wildman–Crippen MR) is 162 cm³/mol. The lowest BCUT2D eigenvalue weighted by Crippen LogP contribution is -2.52. The van der Waals surface area contributed by atoms with Crippen LogP contribution in [0.3, 0.4) is 0 Å². The Bertz CT molecular complexity index is 1600. The van der Waals surface area contributed by atoms with Gasteiger partial charge in [0.05, 0.1) is 16.8 Å². The van der Waals surface area contributed by atoms with E-state index in [1.807, 2.05) is 0 Å². The number of ether oxygens (including phenoxy) is 1. The van der Waals surface area contributed by atoms with E-state index in [-0.39, 0.29) is 38.3 Å². The molecule has 1 aliphatic heterocycles. The number of halogens is 3. The van der Waals surface area contributed by atoms with E-state index in [1.165, 1.54) is 60.7 Å². The SMILES string of the molecule is O=C(CN(C(=O)c1ccc(Cl)cc1)N1C(=O)[C@@H]2[C@H]3C[C@@H]([C@@H](Br)[C@H]3Br)[C@H]2C1=O)c1ccc(Oc2ccc([N+](=O)[O-])cc2)cc1. The summed E-state index contributed by atoms with van der Waals surface area (Å²) in [4.78, 5) is 65.2. The monoisotopic (exact) mass is 729 g/mol. The number of carbonyl (C=O) groups excluding carboxylic acids is 4. The maximum absolute atomic E-state index is 13.8. The molecule has 6 atom stereocenters. The molecule has 3 aromatic carbocycles. The minimum Gasteiger partial charge on any atom is -0.457 e. The molecule has 0 aromatic heterocycles. The molecule has 43 heavy (non-hydrogen) atoms. The molecule has 3 aliphatic rings. The normalized spacial score (nSPS) is 25.5. The van der Waals surface area contributed by atoms with Crippen molar-refractivity contribution in [2.75, 3.05) is 6.54 Å². The largest absolute Gasteiger partial charge is 0.457 e. The Balaban J connectivity index is 1.24. The number of non-ortho nitro benzene ring substituents is 1. The van der Waals surface area contributed by atoms with Crippen LogP contribution in [0.15, 0.2) is 72.8 Å². The van der Waals surface area contributed by atoms with Crippen LogP contribution in [0.1, 0.15) is 27.1 Å². The average Bonchev–Trinajstić information content (AvgIpc) is 3.61. The molecule has 1 heterocycles. The average molecular weight is 732 g/mol. The number of nitro benzene ring substituents is 1. The molecule has 3 fully saturated rings. The van der Waals surface area contributed by atoms with Crippen LogP contribution in [0.25, 0.3) is 0 Å². The summed E-state index contributed by atoms with van der Waals surface area (Å²) in [6, 6.07) is 17.6. The molecule has 0 N–H and O–H groups in total. The highest BCUT2D eigenvalue weighted by Gasteiger charge is 2.67. The Morgan fingerprint density at radius 2 is 1.35 bits per heavy atom. The zero-order chi connectivity index (χ0) is 30.6. The first-order valence-electron chi connectivity index (χ1n) is 13.3. The van der Waals surface area contributed by atoms with Gasteiger partial charge in [0.15, 0.2) is 5.78 Å². The summed E-state index contributed by atoms with van der Waals surface area (Å²) in [5.41, 5.74) is 0.322. The number of hydrazine groups is 1. The molecule has 6 rings (SSSR count). The van der Waals surface area contributed by atoms with Gasteiger partial charge in [0.1, 0.15) is 18.0 Å². The van der Waals surface area contributed by atoms with Crippen LogP contribution in [0.4, 0.5) is 5.69 Å². The van der Waals surface area contributed by atoms with Crippen LogP contribution in [-0.4, -0.2) is 54.6 Å². The van der Waals surface area contributed by atoms with Crippen LogP contribution in [-0.2, 0) is 9.59 Å². The van der Waals surface area contributed by atoms with Crippen molar-refractivity contribution in [3.8, 4) is 11.5 Å². The summed E-state index contributed by atoms with van der Waals surface area (Å²) >= 11 is 13.3. The molecule has 0 radical (unpaired) electrons. The number of nitrogens with zero attached hydrogens (tertiary/aromatic N) is 3. The van der Waals surface area contributed by atoms with Crippen molar-refractivity contribution in [3.63, 3.8) is 0 Å². The van der Waals surface area contributed by atoms with Crippen molar-refractivity contribution in [1.82, 2.24) is 10.0 Å². The van der Waals surface area contributed by atoms with Gasteiger partial charge in [-0.15, -0.1) is 0 Å². The number of carbonyl (C=O) groups is 4. The molecule has 10 nitrogen and oxygen atoms in total. The molecular formula is C30H22Br2ClN3O7. The molecule has 2 saturated carbocycles. The summed E-state index contributed by atoms with van der Waals surface area (Å²) < 4.78 is 5.72. The molecule has 3 aromatic rings. The summed E-state index contributed by atoms with van der Waals surface area (Å²) in [5.74, 6) is -2.65. The number of ketones is 1. The topological polar surface area (TPSA) is 127 Å². The third kappa shape index (κ3) is 5.25. The Morgan fingerprint density at radius 3 is 1.86 bits per heavy atom. The summed E-state index contributed by atoms with van der Waals surface area (Å²) in [6.45, 7) is -0.550. The van der Waals surface area contributed by atoms with Gasteiger partial charge >= 0.3 is 0 Å². The lowest BCUT2D eigenvalue weighted by Gasteiger charge is -2.31. The number of benzene rings is 3. The van der Waals surface area contributed by atoms with Crippen molar-refractivity contribution in [1.29, 1.82) is 0 Å². The summed E-state index contributed by atoms with van der Waals surface area (Å²) in [6.07, 6.45) is 0.727. The Hall–Kier alpha value is -3.61. The molecular weight excluding hydrogens is 710 g/mol. The highest BCUT2D eigenvalue weighted by molar-refractivity contribution is 9.12. The molecule has 2 bridgehead atoms. The number of rotatable bonds is 8. The number of imide groups is 1. The van der Waals surface area contributed by atoms with Gasteiger partial charge in [0.25, 0.3) is 23.4 Å². The van der Waals surface area contributed by atoms with E-state index in [0.717, 1.165) is 16.4 Å². The van der Waals surface area contributed by atoms with Crippen LogP contribution >= 0.6 is 43.5 Å². The fraction of sp³-hybridized carbons (Fsp3) is 0.267. The van der Waals surface area contributed by atoms with Crippen LogP contribution in [0.5, 0.6) is 11.5 Å². The maximum atomic E-state index is 13.8. The van der Waals surface area contributed by atoms with Gasteiger partial charge < -0.3 is 4.74 Å². The molecule has 3 amide bonds. The predicted octanol–water partition coefficient (Wildman–Crippen LogP) is 6.06. The second-order valence-corrected chi connectivity index (χ2v) is 13.2. The fourth-order valence-corrected chi connectivity index (χ4v) is 8.25. The van der Waals surface area contributed by atoms with Gasteiger partial charge in [0, 0.05) is 37.9 Å². The third-order valence-electron chi connectivity index (χ3n) is 8.28. The third-order valence-corrected chi connectivity index (χ3v) is 11.7. The Labute approximate surface area is 267 Å². The van der Waals surface area contributed by atoms with Crippen molar-refractivity contribution < 1.29 is 28.8 Å². The van der Waals surface area contributed by atoms with Gasteiger partial charge in [0.2, 0.25) is 0 Å². The van der Waals surface area contributed by atoms with Crippen molar-refractivity contribution in [3.05, 3.63) is 99.1 Å². The van der Waals surface area contributed by atoms with Gasteiger partial charge in [-0.25, -0.2) is 5.01 Å². The first-order chi connectivity index (χ1) is 20.5. The maximum Gasteiger partial charge on any atom is 0.273 e. The second kappa shape index (κ2) is 11.5. The molecule has 0 spiro atoms. The quantitative estimate of drug-likeness (QED) is 0.0907. The van der Waals surface area contributed by atoms with Gasteiger partial charge in [-0.3, -0.25) is 29.3 Å². The van der Waals surface area contributed by atoms with E-state index in [0.29, 0.717) is 16.5 Å². The van der Waals surface area contributed by atoms with Crippen molar-refractivity contribution in [2.24, 2.45) is 23.7 Å². The Kier molecular flexibility index (Phi) is 7.86. The Morgan fingerprint density at radius 1 is 0.860 bits per heavy atom. The zero-order valence-electron chi connectivity index (χ0n) is 22.1. The minimum absolute atomic E-state index is 0.0178. The van der Waals surface area contributed by atoms with Crippen LogP contribution in [0, 0.1) is 33.8 Å². The lowest BCUT2D eigenvalue weighted by atomic mass is 9.81. The van der Waals surface area contributed by atoms with E-state index in [9.17, 15) is 29.3 Å². The van der Waals surface area contributed by atoms with Crippen LogP contribution < -0.4 is 4.74 Å². The number of Topliss-reactive ketones (excluding diaryl/α,β-unsaturated/α-hetero) is 1.